The molecule has 0 fully saturated rings. The fourth-order valence-electron chi connectivity index (χ4n) is 1.93. The summed E-state index contributed by atoms with van der Waals surface area (Å²) in [6, 6.07) is 8.66. The maximum Gasteiger partial charge on any atom is 0.133 e. The van der Waals surface area contributed by atoms with Gasteiger partial charge in [0.2, 0.25) is 0 Å². The molecule has 0 aliphatic carbocycles. The van der Waals surface area contributed by atoms with E-state index in [1.807, 2.05) is 17.4 Å². The third-order valence-electron chi connectivity index (χ3n) is 3.17. The molecule has 5 heteroatoms. The molecule has 2 nitrogen and oxygen atoms in total. The first kappa shape index (κ1) is 16.0. The maximum absolute atomic E-state index is 5.25. The van der Waals surface area contributed by atoms with E-state index in [1.165, 1.54) is 19.8 Å². The number of methoxy groups -OCH3 is 1. The fraction of sp³-hybridized carbons (Fsp3) is 0.333. The molecule has 0 aliphatic heterocycles. The molecule has 0 saturated carbocycles. The van der Waals surface area contributed by atoms with E-state index in [-0.39, 0.29) is 0 Å². The molecule has 1 atom stereocenters. The van der Waals surface area contributed by atoms with Crippen molar-refractivity contribution in [2.45, 2.75) is 26.4 Å². The summed E-state index contributed by atoms with van der Waals surface area (Å²) >= 11 is 8.91. The Balaban J connectivity index is 2.01. The minimum Gasteiger partial charge on any atom is -0.496 e. The zero-order chi connectivity index (χ0) is 14.7. The van der Waals surface area contributed by atoms with E-state index in [1.54, 1.807) is 7.11 Å². The Morgan fingerprint density at radius 2 is 2.00 bits per heavy atom. The van der Waals surface area contributed by atoms with Gasteiger partial charge in [0.25, 0.3) is 0 Å². The normalized spacial score (nSPS) is 12.4. The molecule has 0 aliphatic rings. The molecule has 2 aromatic rings. The number of rotatable bonds is 5. The molecule has 0 amide bonds. The van der Waals surface area contributed by atoms with Crippen LogP contribution in [0.15, 0.2) is 33.2 Å². The minimum atomic E-state index is 0.290. The molecule has 0 radical (unpaired) electrons. The molecule has 108 valence electrons. The predicted octanol–water partition coefficient (Wildman–Crippen LogP) is 5.44. The van der Waals surface area contributed by atoms with E-state index in [2.05, 4.69) is 69.2 Å². The number of halogens is 2. The van der Waals surface area contributed by atoms with Crippen LogP contribution in [-0.4, -0.2) is 7.11 Å². The number of aryl methyl sites for hydroxylation is 1. The van der Waals surface area contributed by atoms with Gasteiger partial charge in [0.15, 0.2) is 0 Å². The molecule has 0 saturated heterocycles. The molecule has 20 heavy (non-hydrogen) atoms. The number of nitrogens with one attached hydrogen (secondary N) is 1. The van der Waals surface area contributed by atoms with Gasteiger partial charge >= 0.3 is 0 Å². The summed E-state index contributed by atoms with van der Waals surface area (Å²) in [4.78, 5) is 2.66. The first-order chi connectivity index (χ1) is 9.51. The van der Waals surface area contributed by atoms with E-state index >= 15 is 0 Å². The van der Waals surface area contributed by atoms with Crippen molar-refractivity contribution in [3.63, 3.8) is 0 Å². The summed E-state index contributed by atoms with van der Waals surface area (Å²) < 4.78 is 7.43. The van der Waals surface area contributed by atoms with Crippen molar-refractivity contribution in [1.29, 1.82) is 0 Å². The molecule has 1 heterocycles. The maximum atomic E-state index is 5.25. The summed E-state index contributed by atoms with van der Waals surface area (Å²) in [5.41, 5.74) is 1.24. The number of benzene rings is 1. The van der Waals surface area contributed by atoms with Crippen LogP contribution in [0, 0.1) is 6.92 Å². The summed E-state index contributed by atoms with van der Waals surface area (Å²) in [6.45, 7) is 5.17. The molecule has 1 N–H and O–H groups in total. The Bertz CT molecular complexity index is 578. The Kier molecular flexibility index (Phi) is 5.66. The molecular formula is C15H17Br2NOS. The van der Waals surface area contributed by atoms with Crippen LogP contribution in [0.25, 0.3) is 0 Å². The second-order valence-electron chi connectivity index (χ2n) is 4.61. The van der Waals surface area contributed by atoms with Gasteiger partial charge in [0.1, 0.15) is 5.75 Å². The fourth-order valence-corrected chi connectivity index (χ4v) is 4.04. The van der Waals surface area contributed by atoms with Gasteiger partial charge in [0, 0.05) is 26.8 Å². The van der Waals surface area contributed by atoms with Crippen molar-refractivity contribution in [2.24, 2.45) is 0 Å². The van der Waals surface area contributed by atoms with Gasteiger partial charge in [-0.1, -0.05) is 6.07 Å². The molecule has 1 aromatic carbocycles. The molecular weight excluding hydrogens is 402 g/mol. The second-order valence-corrected chi connectivity index (χ2v) is 7.66. The lowest BCUT2D eigenvalue weighted by atomic mass is 10.1. The van der Waals surface area contributed by atoms with Crippen LogP contribution in [0.1, 0.15) is 28.3 Å². The highest BCUT2D eigenvalue weighted by Gasteiger charge is 2.09. The third-order valence-corrected chi connectivity index (χ3v) is 5.92. The van der Waals surface area contributed by atoms with Crippen molar-refractivity contribution in [3.05, 3.63) is 48.5 Å². The first-order valence-corrected chi connectivity index (χ1v) is 8.73. The van der Waals surface area contributed by atoms with Gasteiger partial charge < -0.3 is 10.1 Å². The van der Waals surface area contributed by atoms with Crippen molar-refractivity contribution < 1.29 is 4.74 Å². The van der Waals surface area contributed by atoms with E-state index in [9.17, 15) is 0 Å². The van der Waals surface area contributed by atoms with Crippen molar-refractivity contribution in [2.75, 3.05) is 7.11 Å². The predicted molar refractivity (Wildman–Crippen MR) is 92.7 cm³/mol. The van der Waals surface area contributed by atoms with Crippen molar-refractivity contribution >= 4 is 43.2 Å². The summed E-state index contributed by atoms with van der Waals surface area (Å²) in [5.74, 6) is 0.860. The summed E-state index contributed by atoms with van der Waals surface area (Å²) in [7, 11) is 1.68. The van der Waals surface area contributed by atoms with Crippen LogP contribution in [0.4, 0.5) is 0 Å². The highest BCUT2D eigenvalue weighted by molar-refractivity contribution is 9.10. The van der Waals surface area contributed by atoms with Crippen molar-refractivity contribution in [1.82, 2.24) is 5.32 Å². The average Bonchev–Trinajstić information content (AvgIpc) is 2.75. The first-order valence-electron chi connectivity index (χ1n) is 6.33. The SMILES string of the molecule is COc1ccc(C(C)NCc2cc(Br)c(C)s2)cc1Br. The zero-order valence-electron chi connectivity index (χ0n) is 11.7. The topological polar surface area (TPSA) is 21.3 Å². The number of ether oxygens (including phenoxy) is 1. The van der Waals surface area contributed by atoms with Gasteiger partial charge in [-0.05, 0) is 69.5 Å². The Morgan fingerprint density at radius 3 is 2.55 bits per heavy atom. The number of hydrogen-bond donors (Lipinski definition) is 1. The average molecular weight is 419 g/mol. The van der Waals surface area contributed by atoms with Gasteiger partial charge in [-0.3, -0.25) is 0 Å². The van der Waals surface area contributed by atoms with Gasteiger partial charge in [-0.15, -0.1) is 11.3 Å². The van der Waals surface area contributed by atoms with Crippen LogP contribution in [0.2, 0.25) is 0 Å². The monoisotopic (exact) mass is 417 g/mol. The lowest BCUT2D eigenvalue weighted by Gasteiger charge is -2.15. The van der Waals surface area contributed by atoms with E-state index in [0.29, 0.717) is 6.04 Å². The molecule has 0 bridgehead atoms. The van der Waals surface area contributed by atoms with E-state index in [0.717, 1.165) is 16.8 Å². The molecule has 1 aromatic heterocycles. The molecule has 0 spiro atoms. The number of hydrogen-bond acceptors (Lipinski definition) is 3. The minimum absolute atomic E-state index is 0.290. The molecule has 1 unspecified atom stereocenters. The lowest BCUT2D eigenvalue weighted by molar-refractivity contribution is 0.411. The third kappa shape index (κ3) is 3.85. The van der Waals surface area contributed by atoms with Gasteiger partial charge in [-0.2, -0.15) is 0 Å². The van der Waals surface area contributed by atoms with E-state index in [4.69, 9.17) is 4.74 Å². The zero-order valence-corrected chi connectivity index (χ0v) is 15.7. The Morgan fingerprint density at radius 1 is 1.25 bits per heavy atom. The van der Waals surface area contributed by atoms with Crippen LogP contribution >= 0.6 is 43.2 Å². The number of thiophene rings is 1. The van der Waals surface area contributed by atoms with Crippen LogP contribution in [-0.2, 0) is 6.54 Å². The smallest absolute Gasteiger partial charge is 0.133 e. The van der Waals surface area contributed by atoms with Crippen LogP contribution < -0.4 is 10.1 Å². The molecule has 2 rings (SSSR count). The van der Waals surface area contributed by atoms with Crippen LogP contribution in [0.3, 0.4) is 0 Å². The van der Waals surface area contributed by atoms with Crippen LogP contribution in [0.5, 0.6) is 5.75 Å². The quantitative estimate of drug-likeness (QED) is 0.697. The second kappa shape index (κ2) is 7.07. The standard InChI is InChI=1S/C15H17Br2NOS/c1-9(11-4-5-15(19-3)14(17)6-11)18-8-12-7-13(16)10(2)20-12/h4-7,9,18H,8H2,1-3H3. The van der Waals surface area contributed by atoms with Crippen molar-refractivity contribution in [3.8, 4) is 5.75 Å². The summed E-state index contributed by atoms with van der Waals surface area (Å²) in [5, 5.41) is 3.55. The van der Waals surface area contributed by atoms with Gasteiger partial charge in [-0.25, -0.2) is 0 Å². The highest BCUT2D eigenvalue weighted by Crippen LogP contribution is 2.29. The Hall–Kier alpha value is -0.360. The van der Waals surface area contributed by atoms with E-state index < -0.39 is 0 Å². The summed E-state index contributed by atoms with van der Waals surface area (Å²) in [6.07, 6.45) is 0. The Labute approximate surface area is 140 Å². The lowest BCUT2D eigenvalue weighted by Crippen LogP contribution is -2.17. The largest absolute Gasteiger partial charge is 0.496 e. The van der Waals surface area contributed by atoms with Gasteiger partial charge in [0.05, 0.1) is 11.6 Å². The highest BCUT2D eigenvalue weighted by atomic mass is 79.9.